The highest BCUT2D eigenvalue weighted by molar-refractivity contribution is 7.88. The summed E-state index contributed by atoms with van der Waals surface area (Å²) in [7, 11) is -3.13. The van der Waals surface area contributed by atoms with Gasteiger partial charge in [-0.2, -0.15) is 0 Å². The SMILES string of the molecule is CS(=O)(=O)N1CCC(NC(=O)CC(N)c2ccccc2)CC1. The van der Waals surface area contributed by atoms with E-state index in [4.69, 9.17) is 5.73 Å². The number of nitrogens with one attached hydrogen (secondary N) is 1. The summed E-state index contributed by atoms with van der Waals surface area (Å²) in [5.74, 6) is -0.0887. The van der Waals surface area contributed by atoms with E-state index in [9.17, 15) is 13.2 Å². The summed E-state index contributed by atoms with van der Waals surface area (Å²) in [6, 6.07) is 9.21. The minimum absolute atomic E-state index is 0.0217. The Labute approximate surface area is 131 Å². The average Bonchev–Trinajstić information content (AvgIpc) is 2.47. The number of benzene rings is 1. The van der Waals surface area contributed by atoms with Crippen LogP contribution in [0.1, 0.15) is 30.9 Å². The summed E-state index contributed by atoms with van der Waals surface area (Å²) in [6.45, 7) is 0.906. The van der Waals surface area contributed by atoms with Gasteiger partial charge in [0.25, 0.3) is 0 Å². The van der Waals surface area contributed by atoms with Crippen molar-refractivity contribution in [2.75, 3.05) is 19.3 Å². The molecule has 1 saturated heterocycles. The largest absolute Gasteiger partial charge is 0.353 e. The first-order valence-electron chi connectivity index (χ1n) is 7.41. The predicted molar refractivity (Wildman–Crippen MR) is 85.6 cm³/mol. The first kappa shape index (κ1) is 16.9. The number of sulfonamides is 1. The molecule has 122 valence electrons. The molecule has 0 aromatic heterocycles. The molecule has 1 aliphatic rings. The summed E-state index contributed by atoms with van der Waals surface area (Å²) >= 11 is 0. The molecule has 1 aromatic carbocycles. The number of amides is 1. The van der Waals surface area contributed by atoms with Crippen LogP contribution in [0.25, 0.3) is 0 Å². The zero-order valence-electron chi connectivity index (χ0n) is 12.7. The smallest absolute Gasteiger partial charge is 0.222 e. The summed E-state index contributed by atoms with van der Waals surface area (Å²) in [6.07, 6.45) is 2.72. The van der Waals surface area contributed by atoms with E-state index in [0.29, 0.717) is 25.9 Å². The number of nitrogens with two attached hydrogens (primary N) is 1. The average molecular weight is 325 g/mol. The first-order chi connectivity index (χ1) is 10.4. The van der Waals surface area contributed by atoms with Crippen molar-refractivity contribution in [2.45, 2.75) is 31.3 Å². The Morgan fingerprint density at radius 1 is 1.32 bits per heavy atom. The maximum atomic E-state index is 12.1. The molecule has 0 spiro atoms. The summed E-state index contributed by atoms with van der Waals surface area (Å²) < 4.78 is 24.3. The molecule has 22 heavy (non-hydrogen) atoms. The van der Waals surface area contributed by atoms with E-state index in [1.54, 1.807) is 0 Å². The first-order valence-corrected chi connectivity index (χ1v) is 9.26. The summed E-state index contributed by atoms with van der Waals surface area (Å²) in [5.41, 5.74) is 6.97. The van der Waals surface area contributed by atoms with E-state index < -0.39 is 10.0 Å². The highest BCUT2D eigenvalue weighted by Gasteiger charge is 2.26. The second-order valence-electron chi connectivity index (χ2n) is 5.73. The molecule has 3 N–H and O–H groups in total. The molecule has 0 aliphatic carbocycles. The van der Waals surface area contributed by atoms with Gasteiger partial charge in [-0.05, 0) is 18.4 Å². The Bertz CT molecular complexity index is 596. The van der Waals surface area contributed by atoms with E-state index in [1.165, 1.54) is 10.6 Å². The van der Waals surface area contributed by atoms with Gasteiger partial charge in [0.05, 0.1) is 6.26 Å². The van der Waals surface area contributed by atoms with E-state index in [1.807, 2.05) is 30.3 Å². The number of piperidine rings is 1. The molecular weight excluding hydrogens is 302 g/mol. The number of rotatable bonds is 5. The fourth-order valence-electron chi connectivity index (χ4n) is 2.64. The van der Waals surface area contributed by atoms with Gasteiger partial charge >= 0.3 is 0 Å². The molecule has 1 fully saturated rings. The van der Waals surface area contributed by atoms with Crippen LogP contribution in [-0.2, 0) is 14.8 Å². The van der Waals surface area contributed by atoms with Crippen molar-refractivity contribution in [1.82, 2.24) is 9.62 Å². The fraction of sp³-hybridized carbons (Fsp3) is 0.533. The molecule has 0 radical (unpaired) electrons. The van der Waals surface area contributed by atoms with Crippen LogP contribution in [0.15, 0.2) is 30.3 Å². The van der Waals surface area contributed by atoms with Crippen LogP contribution >= 0.6 is 0 Å². The molecule has 1 amide bonds. The molecule has 1 heterocycles. The van der Waals surface area contributed by atoms with Crippen molar-refractivity contribution in [3.8, 4) is 0 Å². The topological polar surface area (TPSA) is 92.5 Å². The number of nitrogens with zero attached hydrogens (tertiary/aromatic N) is 1. The molecule has 6 nitrogen and oxygen atoms in total. The van der Waals surface area contributed by atoms with E-state index in [0.717, 1.165) is 5.56 Å². The van der Waals surface area contributed by atoms with Crippen LogP contribution in [-0.4, -0.2) is 44.0 Å². The molecular formula is C15H23N3O3S. The summed E-state index contributed by atoms with van der Waals surface area (Å²) in [5, 5.41) is 2.95. The van der Waals surface area contributed by atoms with E-state index in [2.05, 4.69) is 5.32 Å². The van der Waals surface area contributed by atoms with Crippen molar-refractivity contribution < 1.29 is 13.2 Å². The van der Waals surface area contributed by atoms with Crippen molar-refractivity contribution in [2.24, 2.45) is 5.73 Å². The van der Waals surface area contributed by atoms with Gasteiger partial charge in [-0.1, -0.05) is 30.3 Å². The van der Waals surface area contributed by atoms with Crippen molar-refractivity contribution in [3.05, 3.63) is 35.9 Å². The molecule has 1 aromatic rings. The fourth-order valence-corrected chi connectivity index (χ4v) is 3.51. The van der Waals surface area contributed by atoms with E-state index >= 15 is 0 Å². The third kappa shape index (κ3) is 4.79. The standard InChI is InChI=1S/C15H23N3O3S/c1-22(20,21)18-9-7-13(8-10-18)17-15(19)11-14(16)12-5-3-2-4-6-12/h2-6,13-14H,7-11,16H2,1H3,(H,17,19). The number of hydrogen-bond donors (Lipinski definition) is 2. The Hall–Kier alpha value is -1.44. The third-order valence-corrected chi connectivity index (χ3v) is 5.22. The molecule has 1 atom stereocenters. The van der Waals surface area contributed by atoms with Gasteiger partial charge < -0.3 is 11.1 Å². The van der Waals surface area contributed by atoms with Gasteiger partial charge in [0.1, 0.15) is 0 Å². The lowest BCUT2D eigenvalue weighted by atomic mass is 10.0. The van der Waals surface area contributed by atoms with Gasteiger partial charge in [0.2, 0.25) is 15.9 Å². The molecule has 0 bridgehead atoms. The second-order valence-corrected chi connectivity index (χ2v) is 7.71. The van der Waals surface area contributed by atoms with E-state index in [-0.39, 0.29) is 24.4 Å². The van der Waals surface area contributed by atoms with Crippen molar-refractivity contribution >= 4 is 15.9 Å². The van der Waals surface area contributed by atoms with Gasteiger partial charge in [0, 0.05) is 31.6 Å². The molecule has 2 rings (SSSR count). The molecule has 7 heteroatoms. The van der Waals surface area contributed by atoms with Crippen molar-refractivity contribution in [1.29, 1.82) is 0 Å². The van der Waals surface area contributed by atoms with Crippen LogP contribution < -0.4 is 11.1 Å². The quantitative estimate of drug-likeness (QED) is 0.830. The third-order valence-electron chi connectivity index (χ3n) is 3.92. The number of hydrogen-bond acceptors (Lipinski definition) is 4. The van der Waals surface area contributed by atoms with Crippen molar-refractivity contribution in [3.63, 3.8) is 0 Å². The minimum Gasteiger partial charge on any atom is -0.353 e. The lowest BCUT2D eigenvalue weighted by Gasteiger charge is -2.30. The molecule has 0 saturated carbocycles. The highest BCUT2D eigenvalue weighted by Crippen LogP contribution is 2.16. The Morgan fingerprint density at radius 3 is 2.45 bits per heavy atom. The van der Waals surface area contributed by atoms with Gasteiger partial charge in [0.15, 0.2) is 0 Å². The number of carbonyl (C=O) groups excluding carboxylic acids is 1. The molecule has 1 aliphatic heterocycles. The Morgan fingerprint density at radius 2 is 1.91 bits per heavy atom. The second kappa shape index (κ2) is 7.21. The lowest BCUT2D eigenvalue weighted by molar-refractivity contribution is -0.122. The van der Waals surface area contributed by atoms with Gasteiger partial charge in [-0.25, -0.2) is 12.7 Å². The monoisotopic (exact) mass is 325 g/mol. The van der Waals surface area contributed by atoms with Crippen LogP contribution in [0, 0.1) is 0 Å². The van der Waals surface area contributed by atoms with Crippen LogP contribution in [0.3, 0.4) is 0 Å². The zero-order chi connectivity index (χ0) is 16.2. The molecule has 1 unspecified atom stereocenters. The van der Waals surface area contributed by atoms with Gasteiger partial charge in [-0.3, -0.25) is 4.79 Å². The minimum atomic E-state index is -3.13. The van der Waals surface area contributed by atoms with Crippen LogP contribution in [0.5, 0.6) is 0 Å². The van der Waals surface area contributed by atoms with Crippen LogP contribution in [0.2, 0.25) is 0 Å². The summed E-state index contributed by atoms with van der Waals surface area (Å²) in [4.78, 5) is 12.1. The normalized spacial score (nSPS) is 18.8. The lowest BCUT2D eigenvalue weighted by Crippen LogP contribution is -2.46. The van der Waals surface area contributed by atoms with Gasteiger partial charge in [-0.15, -0.1) is 0 Å². The highest BCUT2D eigenvalue weighted by atomic mass is 32.2. The Kier molecular flexibility index (Phi) is 5.55. The maximum absolute atomic E-state index is 12.1. The Balaban J connectivity index is 1.79. The van der Waals surface area contributed by atoms with Crippen LogP contribution in [0.4, 0.5) is 0 Å². The predicted octanol–water partition coefficient (Wildman–Crippen LogP) is 0.617. The zero-order valence-corrected chi connectivity index (χ0v) is 13.6. The number of carbonyl (C=O) groups is 1. The maximum Gasteiger partial charge on any atom is 0.222 e.